The first-order valence-corrected chi connectivity index (χ1v) is 3.98. The number of aromatic nitrogens is 2. The molecule has 1 amide bonds. The van der Waals surface area contributed by atoms with E-state index in [-0.39, 0.29) is 0 Å². The number of rotatable bonds is 1. The first kappa shape index (κ1) is 8.38. The zero-order valence-electron chi connectivity index (χ0n) is 5.84. The smallest absolute Gasteiger partial charge is 0.252 e. The first-order chi connectivity index (χ1) is 5.11. The van der Waals surface area contributed by atoms with Crippen molar-refractivity contribution < 1.29 is 4.79 Å². The molecular formula is C6H6IN3O. The fraction of sp³-hybridized carbons (Fsp3) is 0.167. The minimum atomic E-state index is -0.487. The zero-order chi connectivity index (χ0) is 8.43. The van der Waals surface area contributed by atoms with Gasteiger partial charge in [-0.1, -0.05) is 0 Å². The summed E-state index contributed by atoms with van der Waals surface area (Å²) in [5.74, 6) is -0.487. The highest BCUT2D eigenvalue weighted by Gasteiger charge is 2.05. The van der Waals surface area contributed by atoms with E-state index >= 15 is 0 Å². The van der Waals surface area contributed by atoms with Crippen molar-refractivity contribution in [3.63, 3.8) is 0 Å². The number of nitrogens with two attached hydrogens (primary N) is 1. The van der Waals surface area contributed by atoms with Gasteiger partial charge in [-0.3, -0.25) is 4.79 Å². The van der Waals surface area contributed by atoms with Crippen LogP contribution in [0, 0.1) is 10.8 Å². The number of hydrogen-bond donors (Lipinski definition) is 1. The number of hydrogen-bond acceptors (Lipinski definition) is 3. The second-order valence-corrected chi connectivity index (χ2v) is 2.97. The predicted molar refractivity (Wildman–Crippen MR) is 48.0 cm³/mol. The van der Waals surface area contributed by atoms with E-state index in [1.807, 2.05) is 22.6 Å². The van der Waals surface area contributed by atoms with Crippen molar-refractivity contribution in [3.05, 3.63) is 21.3 Å². The van der Waals surface area contributed by atoms with Gasteiger partial charge in [0, 0.05) is 28.8 Å². The fourth-order valence-electron chi connectivity index (χ4n) is 0.681. The topological polar surface area (TPSA) is 68.9 Å². The normalized spacial score (nSPS) is 9.64. The Balaban J connectivity index is 3.20. The number of carbonyl (C=O) groups excluding carboxylic acids is 1. The Labute approximate surface area is 77.4 Å². The minimum absolute atomic E-state index is 0.380. The fourth-order valence-corrected chi connectivity index (χ4v) is 1.18. The molecule has 0 fully saturated rings. The molecule has 4 nitrogen and oxygen atoms in total. The molecule has 0 spiro atoms. The van der Waals surface area contributed by atoms with Crippen LogP contribution in [-0.2, 0) is 0 Å². The summed E-state index contributed by atoms with van der Waals surface area (Å²) >= 11 is 1.97. The maximum Gasteiger partial charge on any atom is 0.252 e. The van der Waals surface area contributed by atoms with Crippen molar-refractivity contribution in [2.75, 3.05) is 0 Å². The number of carbonyl (C=O) groups is 1. The highest BCUT2D eigenvalue weighted by molar-refractivity contribution is 14.1. The standard InChI is InChI=1S/C6H6IN3O/c1-3-4(5(8)11)2-9-6(7)10-3/h2H,1H3,(H2,8,11). The van der Waals surface area contributed by atoms with E-state index in [1.54, 1.807) is 6.92 Å². The summed E-state index contributed by atoms with van der Waals surface area (Å²) in [7, 11) is 0. The van der Waals surface area contributed by atoms with Crippen molar-refractivity contribution in [3.8, 4) is 0 Å². The summed E-state index contributed by atoms with van der Waals surface area (Å²) < 4.78 is 0.616. The van der Waals surface area contributed by atoms with Crippen LogP contribution in [0.4, 0.5) is 0 Å². The zero-order valence-corrected chi connectivity index (χ0v) is 7.99. The van der Waals surface area contributed by atoms with Crippen LogP contribution in [0.2, 0.25) is 0 Å². The highest BCUT2D eigenvalue weighted by Crippen LogP contribution is 2.03. The Morgan fingerprint density at radius 3 is 2.82 bits per heavy atom. The number of halogens is 1. The molecule has 0 saturated heterocycles. The predicted octanol–water partition coefficient (Wildman–Crippen LogP) is 0.489. The van der Waals surface area contributed by atoms with Crippen molar-refractivity contribution in [2.24, 2.45) is 5.73 Å². The van der Waals surface area contributed by atoms with Gasteiger partial charge in [-0.05, 0) is 6.92 Å². The van der Waals surface area contributed by atoms with Gasteiger partial charge in [-0.25, -0.2) is 9.97 Å². The average molecular weight is 263 g/mol. The summed E-state index contributed by atoms with van der Waals surface area (Å²) in [5, 5.41) is 0. The number of aryl methyl sites for hydroxylation is 1. The lowest BCUT2D eigenvalue weighted by Gasteiger charge is -1.98. The maximum atomic E-state index is 10.7. The molecule has 58 valence electrons. The number of amides is 1. The molecule has 5 heteroatoms. The van der Waals surface area contributed by atoms with Crippen LogP contribution in [0.5, 0.6) is 0 Å². The van der Waals surface area contributed by atoms with Gasteiger partial charge in [0.15, 0.2) is 3.83 Å². The number of nitrogens with zero attached hydrogens (tertiary/aromatic N) is 2. The molecule has 0 atom stereocenters. The third-order valence-corrected chi connectivity index (χ3v) is 1.74. The molecule has 0 radical (unpaired) electrons. The van der Waals surface area contributed by atoms with Gasteiger partial charge in [0.05, 0.1) is 11.3 Å². The highest BCUT2D eigenvalue weighted by atomic mass is 127. The van der Waals surface area contributed by atoms with Crippen LogP contribution in [0.1, 0.15) is 16.1 Å². The summed E-state index contributed by atoms with van der Waals surface area (Å²) in [6.07, 6.45) is 1.44. The van der Waals surface area contributed by atoms with Crippen molar-refractivity contribution in [1.29, 1.82) is 0 Å². The molecule has 11 heavy (non-hydrogen) atoms. The lowest BCUT2D eigenvalue weighted by Crippen LogP contribution is -2.14. The van der Waals surface area contributed by atoms with E-state index in [9.17, 15) is 4.79 Å². The van der Waals surface area contributed by atoms with Crippen molar-refractivity contribution >= 4 is 28.5 Å². The maximum absolute atomic E-state index is 10.7. The summed E-state index contributed by atoms with van der Waals surface area (Å²) in [4.78, 5) is 18.5. The lowest BCUT2D eigenvalue weighted by atomic mass is 10.2. The molecule has 0 unspecified atom stereocenters. The van der Waals surface area contributed by atoms with Gasteiger partial charge in [0.1, 0.15) is 0 Å². The van der Waals surface area contributed by atoms with E-state index in [1.165, 1.54) is 6.20 Å². The van der Waals surface area contributed by atoms with E-state index < -0.39 is 5.91 Å². The molecule has 0 aromatic carbocycles. The van der Waals surface area contributed by atoms with Crippen LogP contribution >= 0.6 is 22.6 Å². The van der Waals surface area contributed by atoms with E-state index in [2.05, 4.69) is 9.97 Å². The number of primary amides is 1. The molecule has 1 aromatic rings. The molecule has 0 saturated carbocycles. The van der Waals surface area contributed by atoms with Crippen LogP contribution in [0.25, 0.3) is 0 Å². The van der Waals surface area contributed by atoms with Gasteiger partial charge in [-0.2, -0.15) is 0 Å². The van der Waals surface area contributed by atoms with Crippen LogP contribution < -0.4 is 5.73 Å². The van der Waals surface area contributed by atoms with Gasteiger partial charge in [0.2, 0.25) is 0 Å². The van der Waals surface area contributed by atoms with E-state index in [0.29, 0.717) is 15.1 Å². The van der Waals surface area contributed by atoms with E-state index in [0.717, 1.165) is 0 Å². The molecular weight excluding hydrogens is 257 g/mol. The second kappa shape index (κ2) is 3.12. The third-order valence-electron chi connectivity index (χ3n) is 1.22. The van der Waals surface area contributed by atoms with E-state index in [4.69, 9.17) is 5.73 Å². The van der Waals surface area contributed by atoms with Crippen molar-refractivity contribution in [2.45, 2.75) is 6.92 Å². The molecule has 1 heterocycles. The Morgan fingerprint density at radius 2 is 2.36 bits per heavy atom. The molecule has 0 bridgehead atoms. The third kappa shape index (κ3) is 1.86. The van der Waals surface area contributed by atoms with Gasteiger partial charge < -0.3 is 5.73 Å². The van der Waals surface area contributed by atoms with Gasteiger partial charge >= 0.3 is 0 Å². The van der Waals surface area contributed by atoms with Crippen LogP contribution in [-0.4, -0.2) is 15.9 Å². The Kier molecular flexibility index (Phi) is 2.38. The molecule has 0 aliphatic rings. The Hall–Kier alpha value is -0.720. The molecule has 1 rings (SSSR count). The Bertz CT molecular complexity index is 300. The largest absolute Gasteiger partial charge is 0.365 e. The van der Waals surface area contributed by atoms with Crippen LogP contribution in [0.15, 0.2) is 6.20 Å². The average Bonchev–Trinajstić information content (AvgIpc) is 1.85. The Morgan fingerprint density at radius 1 is 1.73 bits per heavy atom. The van der Waals surface area contributed by atoms with Gasteiger partial charge in [0.25, 0.3) is 5.91 Å². The van der Waals surface area contributed by atoms with Gasteiger partial charge in [-0.15, -0.1) is 0 Å². The first-order valence-electron chi connectivity index (χ1n) is 2.90. The monoisotopic (exact) mass is 263 g/mol. The summed E-state index contributed by atoms with van der Waals surface area (Å²) in [6.45, 7) is 1.73. The lowest BCUT2D eigenvalue weighted by molar-refractivity contribution is 0.0999. The molecule has 1 aromatic heterocycles. The summed E-state index contributed by atoms with van der Waals surface area (Å²) in [6, 6.07) is 0. The summed E-state index contributed by atoms with van der Waals surface area (Å²) in [5.41, 5.74) is 6.05. The SMILES string of the molecule is Cc1nc(I)ncc1C(N)=O. The molecule has 0 aliphatic carbocycles. The quantitative estimate of drug-likeness (QED) is 0.592. The van der Waals surface area contributed by atoms with Crippen LogP contribution in [0.3, 0.4) is 0 Å². The second-order valence-electron chi connectivity index (χ2n) is 2.00. The minimum Gasteiger partial charge on any atom is -0.365 e. The van der Waals surface area contributed by atoms with Crippen molar-refractivity contribution in [1.82, 2.24) is 9.97 Å². The molecule has 2 N–H and O–H groups in total. The molecule has 0 aliphatic heterocycles.